The summed E-state index contributed by atoms with van der Waals surface area (Å²) in [5.74, 6) is -4.28. The van der Waals surface area contributed by atoms with Crippen LogP contribution in [0.2, 0.25) is 0 Å². The monoisotopic (exact) mass is 390 g/mol. The van der Waals surface area contributed by atoms with Gasteiger partial charge in [0, 0.05) is 35.6 Å². The molecule has 0 saturated carbocycles. The van der Waals surface area contributed by atoms with Gasteiger partial charge in [-0.3, -0.25) is 14.8 Å². The summed E-state index contributed by atoms with van der Waals surface area (Å²) in [4.78, 5) is 37.2. The normalized spacial score (nSPS) is 19.3. The molecule has 1 aromatic carbocycles. The highest BCUT2D eigenvalue weighted by Crippen LogP contribution is 2.41. The molecule has 0 aliphatic carbocycles. The molecule has 0 amide bonds. The van der Waals surface area contributed by atoms with Crippen molar-refractivity contribution in [2.24, 2.45) is 10.9 Å². The lowest BCUT2D eigenvalue weighted by molar-refractivity contribution is -0.140. The maximum atomic E-state index is 12.3. The number of hydrogen-bond donors (Lipinski definition) is 2. The summed E-state index contributed by atoms with van der Waals surface area (Å²) in [5.41, 5.74) is 1.95. The summed E-state index contributed by atoms with van der Waals surface area (Å²) in [7, 11) is 0. The Hall–Kier alpha value is -3.81. The third kappa shape index (κ3) is 3.29. The zero-order valence-electron chi connectivity index (χ0n) is 15.6. The van der Waals surface area contributed by atoms with Gasteiger partial charge in [-0.05, 0) is 24.6 Å². The van der Waals surface area contributed by atoms with Crippen LogP contribution < -0.4 is 0 Å². The van der Waals surface area contributed by atoms with E-state index in [0.717, 1.165) is 5.39 Å². The molecule has 146 valence electrons. The van der Waals surface area contributed by atoms with Crippen LogP contribution in [0.4, 0.5) is 0 Å². The molecular weight excluding hydrogens is 372 g/mol. The molecule has 0 bridgehead atoms. The average Bonchev–Trinajstić information content (AvgIpc) is 3.19. The first-order valence-corrected chi connectivity index (χ1v) is 9.01. The number of aromatic nitrogens is 3. The molecule has 29 heavy (non-hydrogen) atoms. The maximum absolute atomic E-state index is 12.3. The molecule has 0 fully saturated rings. The number of carboxylic acids is 2. The minimum Gasteiger partial charge on any atom is -0.481 e. The molecule has 0 radical (unpaired) electrons. The van der Waals surface area contributed by atoms with Crippen LogP contribution >= 0.6 is 0 Å². The summed E-state index contributed by atoms with van der Waals surface area (Å²) >= 11 is 0. The molecule has 1 aliphatic rings. The van der Waals surface area contributed by atoms with Crippen LogP contribution in [0.3, 0.4) is 0 Å². The molecule has 0 saturated heterocycles. The van der Waals surface area contributed by atoms with Crippen molar-refractivity contribution >= 4 is 28.6 Å². The maximum Gasteiger partial charge on any atom is 0.334 e. The third-order valence-electron chi connectivity index (χ3n) is 5.12. The molecule has 1 aliphatic heterocycles. The van der Waals surface area contributed by atoms with Crippen LogP contribution in [-0.4, -0.2) is 42.4 Å². The number of benzene rings is 1. The summed E-state index contributed by atoms with van der Waals surface area (Å²) in [6.07, 6.45) is 6.44. The van der Waals surface area contributed by atoms with Crippen molar-refractivity contribution in [1.82, 2.24) is 14.5 Å². The van der Waals surface area contributed by atoms with Crippen LogP contribution in [-0.2, 0) is 16.1 Å². The van der Waals surface area contributed by atoms with Gasteiger partial charge in [0.2, 0.25) is 0 Å². The van der Waals surface area contributed by atoms with Crippen molar-refractivity contribution in [2.75, 3.05) is 0 Å². The van der Waals surface area contributed by atoms with Gasteiger partial charge in [-0.15, -0.1) is 0 Å². The van der Waals surface area contributed by atoms with Crippen molar-refractivity contribution in [1.29, 1.82) is 0 Å². The molecule has 2 N–H and O–H groups in total. The number of carboxylic acid groups (broad SMARTS) is 2. The highest BCUT2D eigenvalue weighted by molar-refractivity contribution is 6.07. The molecule has 8 heteroatoms. The standard InChI is InChI=1S/C21H18N4O4/c1-12-17(20(26)27)18(14-6-7-23-15-5-3-2-4-13(14)15)19(21(28)29)16(24-12)10-25-9-8-22-11-25/h2-9,11,17-18H,10H2,1H3,(H,26,27)(H,28,29). The summed E-state index contributed by atoms with van der Waals surface area (Å²) in [6, 6.07) is 8.99. The van der Waals surface area contributed by atoms with Crippen molar-refractivity contribution in [3.8, 4) is 0 Å². The fourth-order valence-electron chi connectivity index (χ4n) is 3.91. The first kappa shape index (κ1) is 18.5. The smallest absolute Gasteiger partial charge is 0.334 e. The zero-order chi connectivity index (χ0) is 20.5. The minimum atomic E-state index is -1.19. The van der Waals surface area contributed by atoms with Gasteiger partial charge in [0.05, 0.1) is 29.7 Å². The van der Waals surface area contributed by atoms with Gasteiger partial charge >= 0.3 is 11.9 Å². The number of carbonyl (C=O) groups is 2. The second-order valence-corrected chi connectivity index (χ2v) is 6.86. The predicted octanol–water partition coefficient (Wildman–Crippen LogP) is 2.73. The molecule has 2 atom stereocenters. The van der Waals surface area contributed by atoms with Crippen LogP contribution in [0.15, 0.2) is 71.5 Å². The van der Waals surface area contributed by atoms with E-state index < -0.39 is 23.8 Å². The number of rotatable bonds is 5. The Morgan fingerprint density at radius 2 is 1.93 bits per heavy atom. The number of fused-ring (bicyclic) bond motifs is 1. The topological polar surface area (TPSA) is 118 Å². The third-order valence-corrected chi connectivity index (χ3v) is 5.12. The van der Waals surface area contributed by atoms with Gasteiger partial charge in [0.25, 0.3) is 0 Å². The van der Waals surface area contributed by atoms with Gasteiger partial charge in [-0.2, -0.15) is 0 Å². The second-order valence-electron chi connectivity index (χ2n) is 6.86. The minimum absolute atomic E-state index is 0.0203. The first-order chi connectivity index (χ1) is 14.0. The van der Waals surface area contributed by atoms with E-state index in [0.29, 0.717) is 22.5 Å². The number of para-hydroxylation sites is 1. The molecule has 2 aromatic heterocycles. The largest absolute Gasteiger partial charge is 0.481 e. The van der Waals surface area contributed by atoms with E-state index in [2.05, 4.69) is 15.0 Å². The highest BCUT2D eigenvalue weighted by Gasteiger charge is 2.42. The molecule has 3 aromatic rings. The number of aliphatic carboxylic acids is 2. The number of pyridine rings is 1. The van der Waals surface area contributed by atoms with E-state index in [1.807, 2.05) is 24.3 Å². The van der Waals surface area contributed by atoms with Crippen LogP contribution in [0, 0.1) is 5.92 Å². The van der Waals surface area contributed by atoms with E-state index in [9.17, 15) is 19.8 Å². The Morgan fingerprint density at radius 3 is 2.62 bits per heavy atom. The molecule has 3 heterocycles. The number of nitrogens with zero attached hydrogens (tertiary/aromatic N) is 4. The number of hydrogen-bond acceptors (Lipinski definition) is 5. The van der Waals surface area contributed by atoms with Crippen molar-refractivity contribution in [2.45, 2.75) is 19.4 Å². The molecule has 0 spiro atoms. The lowest BCUT2D eigenvalue weighted by Crippen LogP contribution is -2.35. The molecule has 8 nitrogen and oxygen atoms in total. The van der Waals surface area contributed by atoms with E-state index in [-0.39, 0.29) is 12.1 Å². The van der Waals surface area contributed by atoms with Crippen molar-refractivity contribution < 1.29 is 19.8 Å². The average molecular weight is 390 g/mol. The van der Waals surface area contributed by atoms with Gasteiger partial charge in [-0.1, -0.05) is 18.2 Å². The Kier molecular flexibility index (Phi) is 4.67. The molecule has 4 rings (SSSR count). The Bertz CT molecular complexity index is 1160. The predicted molar refractivity (Wildman–Crippen MR) is 106 cm³/mol. The second kappa shape index (κ2) is 7.31. The zero-order valence-corrected chi connectivity index (χ0v) is 15.6. The fraction of sp³-hybridized carbons (Fsp3) is 0.190. The van der Waals surface area contributed by atoms with Crippen LogP contribution in [0.25, 0.3) is 10.9 Å². The SMILES string of the molecule is CC1=NC(Cn2ccnc2)=C(C(=O)O)C(c2ccnc3ccccc23)C1C(=O)O. The lowest BCUT2D eigenvalue weighted by Gasteiger charge is -2.31. The van der Waals surface area contributed by atoms with Crippen molar-refractivity contribution in [3.05, 3.63) is 72.1 Å². The number of imidazole rings is 1. The van der Waals surface area contributed by atoms with Crippen LogP contribution in [0.1, 0.15) is 18.4 Å². The van der Waals surface area contributed by atoms with Gasteiger partial charge in [0.15, 0.2) is 0 Å². The van der Waals surface area contributed by atoms with Gasteiger partial charge < -0.3 is 14.8 Å². The van der Waals surface area contributed by atoms with Crippen LogP contribution in [0.5, 0.6) is 0 Å². The first-order valence-electron chi connectivity index (χ1n) is 9.01. The Balaban J connectivity index is 1.98. The Morgan fingerprint density at radius 1 is 1.14 bits per heavy atom. The summed E-state index contributed by atoms with van der Waals surface area (Å²) in [6.45, 7) is 1.81. The van der Waals surface area contributed by atoms with Crippen molar-refractivity contribution in [3.63, 3.8) is 0 Å². The Labute approximate surface area is 165 Å². The summed E-state index contributed by atoms with van der Waals surface area (Å²) in [5, 5.41) is 20.7. The number of allylic oxidation sites excluding steroid dienone is 1. The van der Waals surface area contributed by atoms with E-state index in [4.69, 9.17) is 0 Å². The van der Waals surface area contributed by atoms with Gasteiger partial charge in [0.1, 0.15) is 5.92 Å². The lowest BCUT2D eigenvalue weighted by atomic mass is 9.74. The quantitative estimate of drug-likeness (QED) is 0.692. The highest BCUT2D eigenvalue weighted by atomic mass is 16.4. The van der Waals surface area contributed by atoms with Gasteiger partial charge in [-0.25, -0.2) is 9.78 Å². The molecular formula is C21H18N4O4. The van der Waals surface area contributed by atoms with E-state index in [1.54, 1.807) is 42.5 Å². The summed E-state index contributed by atoms with van der Waals surface area (Å²) < 4.78 is 1.71. The molecule has 2 unspecified atom stereocenters. The van der Waals surface area contributed by atoms with E-state index >= 15 is 0 Å². The fourth-order valence-corrected chi connectivity index (χ4v) is 3.91. The number of aliphatic imine (C=N–C) groups is 1. The van der Waals surface area contributed by atoms with E-state index in [1.165, 1.54) is 0 Å².